The summed E-state index contributed by atoms with van der Waals surface area (Å²) in [5.41, 5.74) is 1.06. The first-order chi connectivity index (χ1) is 5.69. The van der Waals surface area contributed by atoms with Gasteiger partial charge in [0.05, 0.1) is 0 Å². The summed E-state index contributed by atoms with van der Waals surface area (Å²) in [5.74, 6) is -0.859. The Bertz CT molecular complexity index is 312. The summed E-state index contributed by atoms with van der Waals surface area (Å²) >= 11 is 1.27. The lowest BCUT2D eigenvalue weighted by atomic mass is 10.2. The van der Waals surface area contributed by atoms with Gasteiger partial charge in [-0.15, -0.1) is 11.3 Å². The highest BCUT2D eigenvalue weighted by atomic mass is 32.1. The maximum atomic E-state index is 10.6. The van der Waals surface area contributed by atoms with Crippen molar-refractivity contribution in [1.29, 1.82) is 0 Å². The molecule has 2 nitrogen and oxygen atoms in total. The summed E-state index contributed by atoms with van der Waals surface area (Å²) in [6, 6.07) is 1.71. The van der Waals surface area contributed by atoms with E-state index in [9.17, 15) is 4.79 Å². The Kier molecular flexibility index (Phi) is 2.65. The molecule has 0 fully saturated rings. The molecule has 1 aromatic heterocycles. The summed E-state index contributed by atoms with van der Waals surface area (Å²) in [4.78, 5) is 11.9. The number of aryl methyl sites for hydroxylation is 1. The fourth-order valence-electron chi connectivity index (χ4n) is 0.997. The van der Waals surface area contributed by atoms with Crippen LogP contribution in [0, 0.1) is 0 Å². The summed E-state index contributed by atoms with van der Waals surface area (Å²) < 4.78 is 0. The van der Waals surface area contributed by atoms with Gasteiger partial charge in [-0.25, -0.2) is 4.79 Å². The second kappa shape index (κ2) is 3.54. The Morgan fingerprint density at radius 1 is 1.83 bits per heavy atom. The van der Waals surface area contributed by atoms with Crippen molar-refractivity contribution >= 4 is 23.4 Å². The lowest BCUT2D eigenvalue weighted by Crippen LogP contribution is -1.90. The van der Waals surface area contributed by atoms with Crippen molar-refractivity contribution in [2.75, 3.05) is 0 Å². The van der Waals surface area contributed by atoms with Gasteiger partial charge in [0.15, 0.2) is 0 Å². The van der Waals surface area contributed by atoms with E-state index in [0.717, 1.165) is 16.9 Å². The lowest BCUT2D eigenvalue weighted by Gasteiger charge is -1.89. The molecule has 0 aliphatic carbocycles. The number of thiophene rings is 1. The first-order valence-corrected chi connectivity index (χ1v) is 4.49. The molecular weight excluding hydrogens is 172 g/mol. The third kappa shape index (κ3) is 1.56. The standard InChI is InChI=1S/C9H10O2S/c1-3-6-5-8(9(10)11)12-7(6)4-2/h4-5H,2-3H2,1H3,(H,10,11). The van der Waals surface area contributed by atoms with E-state index >= 15 is 0 Å². The summed E-state index contributed by atoms with van der Waals surface area (Å²) in [7, 11) is 0. The van der Waals surface area contributed by atoms with Gasteiger partial charge in [-0.2, -0.15) is 0 Å². The zero-order chi connectivity index (χ0) is 9.14. The first-order valence-electron chi connectivity index (χ1n) is 3.67. The molecule has 0 amide bonds. The van der Waals surface area contributed by atoms with E-state index in [1.165, 1.54) is 11.3 Å². The average Bonchev–Trinajstić information content (AvgIpc) is 2.46. The average molecular weight is 182 g/mol. The van der Waals surface area contributed by atoms with Gasteiger partial charge in [-0.05, 0) is 18.1 Å². The van der Waals surface area contributed by atoms with E-state index in [1.54, 1.807) is 12.1 Å². The Labute approximate surface area is 75.2 Å². The fraction of sp³-hybridized carbons (Fsp3) is 0.222. The van der Waals surface area contributed by atoms with Gasteiger partial charge in [0.25, 0.3) is 0 Å². The summed E-state index contributed by atoms with van der Waals surface area (Å²) in [6.07, 6.45) is 2.56. The zero-order valence-corrected chi connectivity index (χ0v) is 7.65. The van der Waals surface area contributed by atoms with Crippen LogP contribution in [-0.4, -0.2) is 11.1 Å². The molecule has 1 rings (SSSR count). The predicted octanol–water partition coefficient (Wildman–Crippen LogP) is 2.65. The van der Waals surface area contributed by atoms with Crippen LogP contribution in [0.4, 0.5) is 0 Å². The monoisotopic (exact) mass is 182 g/mol. The SMILES string of the molecule is C=Cc1sc(C(=O)O)cc1CC. The first kappa shape index (κ1) is 9.00. The number of carboxylic acid groups (broad SMARTS) is 1. The van der Waals surface area contributed by atoms with E-state index in [0.29, 0.717) is 4.88 Å². The maximum absolute atomic E-state index is 10.6. The van der Waals surface area contributed by atoms with Crippen molar-refractivity contribution in [2.24, 2.45) is 0 Å². The maximum Gasteiger partial charge on any atom is 0.345 e. The quantitative estimate of drug-likeness (QED) is 0.780. The minimum atomic E-state index is -0.859. The van der Waals surface area contributed by atoms with Crippen LogP contribution in [0.25, 0.3) is 6.08 Å². The molecule has 12 heavy (non-hydrogen) atoms. The molecule has 1 N–H and O–H groups in total. The van der Waals surface area contributed by atoms with Crippen LogP contribution in [0.5, 0.6) is 0 Å². The highest BCUT2D eigenvalue weighted by Gasteiger charge is 2.09. The second-order valence-corrected chi connectivity index (χ2v) is 3.45. The van der Waals surface area contributed by atoms with E-state index in [1.807, 2.05) is 6.92 Å². The van der Waals surface area contributed by atoms with Crippen LogP contribution in [0.15, 0.2) is 12.6 Å². The Balaban J connectivity index is 3.13. The molecule has 0 aromatic carbocycles. The van der Waals surface area contributed by atoms with Gasteiger partial charge < -0.3 is 5.11 Å². The summed E-state index contributed by atoms with van der Waals surface area (Å²) in [6.45, 7) is 5.63. The molecule has 0 aliphatic rings. The van der Waals surface area contributed by atoms with Crippen LogP contribution in [-0.2, 0) is 6.42 Å². The van der Waals surface area contributed by atoms with Gasteiger partial charge >= 0.3 is 5.97 Å². The molecule has 1 aromatic rings. The molecule has 0 saturated carbocycles. The van der Waals surface area contributed by atoms with E-state index < -0.39 is 5.97 Å². The van der Waals surface area contributed by atoms with Crippen molar-refractivity contribution in [1.82, 2.24) is 0 Å². The Hall–Kier alpha value is -1.09. The third-order valence-corrected chi connectivity index (χ3v) is 2.78. The van der Waals surface area contributed by atoms with E-state index in [4.69, 9.17) is 5.11 Å². The van der Waals surface area contributed by atoms with Crippen molar-refractivity contribution in [3.05, 3.63) is 28.0 Å². The molecule has 0 saturated heterocycles. The number of hydrogen-bond donors (Lipinski definition) is 1. The van der Waals surface area contributed by atoms with Gasteiger partial charge in [0, 0.05) is 4.88 Å². The number of rotatable bonds is 3. The molecule has 0 radical (unpaired) electrons. The van der Waals surface area contributed by atoms with Gasteiger partial charge in [0.2, 0.25) is 0 Å². The van der Waals surface area contributed by atoms with Crippen LogP contribution in [0.3, 0.4) is 0 Å². The largest absolute Gasteiger partial charge is 0.477 e. The molecule has 0 bridgehead atoms. The van der Waals surface area contributed by atoms with Crippen molar-refractivity contribution in [3.63, 3.8) is 0 Å². The highest BCUT2D eigenvalue weighted by molar-refractivity contribution is 7.15. The van der Waals surface area contributed by atoms with Crippen LogP contribution >= 0.6 is 11.3 Å². The molecule has 0 atom stereocenters. The minimum Gasteiger partial charge on any atom is -0.477 e. The van der Waals surface area contributed by atoms with E-state index in [2.05, 4.69) is 6.58 Å². The van der Waals surface area contributed by atoms with Crippen molar-refractivity contribution in [2.45, 2.75) is 13.3 Å². The van der Waals surface area contributed by atoms with Gasteiger partial charge in [-0.1, -0.05) is 19.6 Å². The summed E-state index contributed by atoms with van der Waals surface area (Å²) in [5, 5.41) is 8.69. The third-order valence-electron chi connectivity index (χ3n) is 1.62. The topological polar surface area (TPSA) is 37.3 Å². The number of hydrogen-bond acceptors (Lipinski definition) is 2. The highest BCUT2D eigenvalue weighted by Crippen LogP contribution is 2.23. The van der Waals surface area contributed by atoms with Gasteiger partial charge in [-0.3, -0.25) is 0 Å². The smallest absolute Gasteiger partial charge is 0.345 e. The van der Waals surface area contributed by atoms with Crippen LogP contribution < -0.4 is 0 Å². The molecule has 1 heterocycles. The fourth-order valence-corrected chi connectivity index (χ4v) is 1.94. The number of carbonyl (C=O) groups is 1. The number of carboxylic acids is 1. The van der Waals surface area contributed by atoms with E-state index in [-0.39, 0.29) is 0 Å². The molecule has 0 unspecified atom stereocenters. The molecule has 3 heteroatoms. The van der Waals surface area contributed by atoms with Crippen LogP contribution in [0.1, 0.15) is 27.0 Å². The molecule has 0 spiro atoms. The van der Waals surface area contributed by atoms with Crippen molar-refractivity contribution in [3.8, 4) is 0 Å². The van der Waals surface area contributed by atoms with Crippen molar-refractivity contribution < 1.29 is 9.90 Å². The second-order valence-electron chi connectivity index (χ2n) is 2.36. The van der Waals surface area contributed by atoms with Crippen LogP contribution in [0.2, 0.25) is 0 Å². The van der Waals surface area contributed by atoms with Gasteiger partial charge in [0.1, 0.15) is 4.88 Å². The molecular formula is C9H10O2S. The molecule has 0 aliphatic heterocycles. The Morgan fingerprint density at radius 3 is 2.83 bits per heavy atom. The molecule has 64 valence electrons. The minimum absolute atomic E-state index is 0.391. The predicted molar refractivity (Wildman–Crippen MR) is 50.7 cm³/mol. The zero-order valence-electron chi connectivity index (χ0n) is 6.83. The number of aromatic carboxylic acids is 1. The normalized spacial score (nSPS) is 9.75. The lowest BCUT2D eigenvalue weighted by molar-refractivity contribution is 0.0702. The Morgan fingerprint density at radius 2 is 2.50 bits per heavy atom.